The molecule has 0 atom stereocenters. The van der Waals surface area contributed by atoms with Gasteiger partial charge in [-0.3, -0.25) is 4.79 Å². The molecular weight excluding hydrogens is 302 g/mol. The van der Waals surface area contributed by atoms with Crippen molar-refractivity contribution >= 4 is 10.8 Å². The van der Waals surface area contributed by atoms with Crippen molar-refractivity contribution in [3.63, 3.8) is 0 Å². The van der Waals surface area contributed by atoms with Gasteiger partial charge in [-0.05, 0) is 37.3 Å². The molecule has 0 spiro atoms. The van der Waals surface area contributed by atoms with Crippen molar-refractivity contribution in [1.29, 1.82) is 0 Å². The van der Waals surface area contributed by atoms with Crippen molar-refractivity contribution in [2.75, 3.05) is 0 Å². The molecule has 0 radical (unpaired) electrons. The number of hydrogen-bond donors (Lipinski definition) is 1. The fourth-order valence-electron chi connectivity index (χ4n) is 3.49. The third-order valence-electron chi connectivity index (χ3n) is 4.91. The van der Waals surface area contributed by atoms with Crippen molar-refractivity contribution in [2.45, 2.75) is 44.8 Å². The van der Waals surface area contributed by atoms with Crippen molar-refractivity contribution in [2.24, 2.45) is 5.73 Å². The summed E-state index contributed by atoms with van der Waals surface area (Å²) in [6.45, 7) is 3.31. The molecule has 1 aromatic carbocycles. The molecule has 4 rings (SSSR count). The van der Waals surface area contributed by atoms with Crippen LogP contribution in [0.3, 0.4) is 0 Å². The highest BCUT2D eigenvalue weighted by atomic mass is 16.1. The van der Waals surface area contributed by atoms with E-state index in [4.69, 9.17) is 5.73 Å². The van der Waals surface area contributed by atoms with Crippen LogP contribution < -0.4 is 11.3 Å². The standard InChI is InChI=1S/C18H21N5O/c1-2-23-16(20-21-17(23)13-9-14(19)10-13)11-22-8-7-12-5-3-4-6-15(12)18(22)24/h3-8,13-14H,2,9-11,19H2,1H3. The van der Waals surface area contributed by atoms with Crippen LogP contribution in [0.1, 0.15) is 37.3 Å². The second-order valence-electron chi connectivity index (χ2n) is 6.48. The third kappa shape index (κ3) is 2.43. The van der Waals surface area contributed by atoms with Gasteiger partial charge in [0.2, 0.25) is 0 Å². The average Bonchev–Trinajstić information content (AvgIpc) is 2.97. The summed E-state index contributed by atoms with van der Waals surface area (Å²) < 4.78 is 3.83. The Morgan fingerprint density at radius 1 is 1.21 bits per heavy atom. The van der Waals surface area contributed by atoms with Gasteiger partial charge in [-0.2, -0.15) is 0 Å². The van der Waals surface area contributed by atoms with E-state index >= 15 is 0 Å². The maximum Gasteiger partial charge on any atom is 0.258 e. The highest BCUT2D eigenvalue weighted by Gasteiger charge is 2.32. The Morgan fingerprint density at radius 2 is 2.00 bits per heavy atom. The summed E-state index contributed by atoms with van der Waals surface area (Å²) in [5.74, 6) is 2.22. The van der Waals surface area contributed by atoms with E-state index in [2.05, 4.69) is 21.7 Å². The van der Waals surface area contributed by atoms with Gasteiger partial charge in [0.25, 0.3) is 5.56 Å². The Labute approximate surface area is 139 Å². The molecule has 1 saturated carbocycles. The van der Waals surface area contributed by atoms with Crippen LogP contribution in [-0.2, 0) is 13.1 Å². The minimum atomic E-state index is 0.00553. The number of nitrogens with zero attached hydrogens (tertiary/aromatic N) is 4. The van der Waals surface area contributed by atoms with Gasteiger partial charge in [0.1, 0.15) is 5.82 Å². The predicted molar refractivity (Wildman–Crippen MR) is 93.0 cm³/mol. The maximum absolute atomic E-state index is 12.7. The average molecular weight is 323 g/mol. The molecule has 6 heteroatoms. The zero-order valence-electron chi connectivity index (χ0n) is 13.7. The molecule has 2 aromatic heterocycles. The van der Waals surface area contributed by atoms with Crippen molar-refractivity contribution < 1.29 is 0 Å². The van der Waals surface area contributed by atoms with Gasteiger partial charge in [0.05, 0.1) is 6.54 Å². The summed E-state index contributed by atoms with van der Waals surface area (Å²) in [7, 11) is 0. The molecule has 1 fully saturated rings. The molecule has 0 bridgehead atoms. The lowest BCUT2D eigenvalue weighted by Gasteiger charge is -2.31. The summed E-state index contributed by atoms with van der Waals surface area (Å²) in [5.41, 5.74) is 5.90. The van der Waals surface area contributed by atoms with Crippen LogP contribution in [0.25, 0.3) is 10.8 Å². The summed E-state index contributed by atoms with van der Waals surface area (Å²) in [6, 6.07) is 9.89. The molecule has 0 saturated heterocycles. The van der Waals surface area contributed by atoms with Crippen LogP contribution in [0.15, 0.2) is 41.3 Å². The summed E-state index contributed by atoms with van der Waals surface area (Å²) >= 11 is 0. The van der Waals surface area contributed by atoms with Crippen LogP contribution in [0.2, 0.25) is 0 Å². The Kier molecular flexibility index (Phi) is 3.69. The number of hydrogen-bond acceptors (Lipinski definition) is 4. The minimum Gasteiger partial charge on any atom is -0.328 e. The molecule has 0 unspecified atom stereocenters. The quantitative estimate of drug-likeness (QED) is 0.795. The highest BCUT2D eigenvalue weighted by molar-refractivity contribution is 5.81. The second kappa shape index (κ2) is 5.87. The molecule has 1 aliphatic carbocycles. The van der Waals surface area contributed by atoms with Gasteiger partial charge >= 0.3 is 0 Å². The smallest absolute Gasteiger partial charge is 0.258 e. The maximum atomic E-state index is 12.7. The number of pyridine rings is 1. The van der Waals surface area contributed by atoms with Crippen LogP contribution >= 0.6 is 0 Å². The van der Waals surface area contributed by atoms with E-state index in [1.54, 1.807) is 4.57 Å². The van der Waals surface area contributed by atoms with Gasteiger partial charge in [-0.15, -0.1) is 10.2 Å². The third-order valence-corrected chi connectivity index (χ3v) is 4.91. The van der Waals surface area contributed by atoms with E-state index in [1.165, 1.54) is 0 Å². The van der Waals surface area contributed by atoms with Gasteiger partial charge in [0.15, 0.2) is 5.82 Å². The predicted octanol–water partition coefficient (Wildman–Crippen LogP) is 1.87. The first-order chi connectivity index (χ1) is 11.7. The molecule has 124 valence electrons. The molecular formula is C18H21N5O. The van der Waals surface area contributed by atoms with E-state index in [0.717, 1.165) is 41.8 Å². The Bertz CT molecular complexity index is 936. The molecule has 24 heavy (non-hydrogen) atoms. The van der Waals surface area contributed by atoms with Crippen molar-refractivity contribution in [3.05, 3.63) is 58.5 Å². The molecule has 2 heterocycles. The SMILES string of the molecule is CCn1c(Cn2ccc3ccccc3c2=O)nnc1C1CC(N)C1. The summed E-state index contributed by atoms with van der Waals surface area (Å²) in [6.07, 6.45) is 3.76. The Balaban J connectivity index is 1.69. The summed E-state index contributed by atoms with van der Waals surface area (Å²) in [4.78, 5) is 12.7. The van der Waals surface area contributed by atoms with E-state index in [1.807, 2.05) is 36.5 Å². The monoisotopic (exact) mass is 323 g/mol. The van der Waals surface area contributed by atoms with Crippen molar-refractivity contribution in [1.82, 2.24) is 19.3 Å². The zero-order valence-corrected chi connectivity index (χ0v) is 13.7. The van der Waals surface area contributed by atoms with Crippen LogP contribution in [-0.4, -0.2) is 25.4 Å². The number of fused-ring (bicyclic) bond motifs is 1. The van der Waals surface area contributed by atoms with Crippen LogP contribution in [0.5, 0.6) is 0 Å². The Morgan fingerprint density at radius 3 is 2.75 bits per heavy atom. The first kappa shape index (κ1) is 15.1. The number of benzene rings is 1. The van der Waals surface area contributed by atoms with Gasteiger partial charge in [0, 0.05) is 30.1 Å². The van der Waals surface area contributed by atoms with Gasteiger partial charge in [-0.1, -0.05) is 18.2 Å². The largest absolute Gasteiger partial charge is 0.328 e. The van der Waals surface area contributed by atoms with Gasteiger partial charge in [-0.25, -0.2) is 0 Å². The first-order valence-corrected chi connectivity index (χ1v) is 8.43. The van der Waals surface area contributed by atoms with E-state index in [0.29, 0.717) is 12.5 Å². The zero-order chi connectivity index (χ0) is 16.7. The number of rotatable bonds is 4. The van der Waals surface area contributed by atoms with E-state index in [-0.39, 0.29) is 11.6 Å². The molecule has 0 amide bonds. The number of nitrogens with two attached hydrogens (primary N) is 1. The molecule has 3 aromatic rings. The first-order valence-electron chi connectivity index (χ1n) is 8.43. The normalized spacial score (nSPS) is 20.2. The van der Waals surface area contributed by atoms with Gasteiger partial charge < -0.3 is 14.9 Å². The topological polar surface area (TPSA) is 78.7 Å². The number of aromatic nitrogens is 4. The summed E-state index contributed by atoms with van der Waals surface area (Å²) in [5, 5.41) is 10.4. The second-order valence-corrected chi connectivity index (χ2v) is 6.48. The van der Waals surface area contributed by atoms with E-state index in [9.17, 15) is 4.79 Å². The van der Waals surface area contributed by atoms with Crippen molar-refractivity contribution in [3.8, 4) is 0 Å². The molecule has 0 aliphatic heterocycles. The molecule has 1 aliphatic rings. The Hall–Kier alpha value is -2.47. The van der Waals surface area contributed by atoms with Crippen LogP contribution in [0, 0.1) is 0 Å². The lowest BCUT2D eigenvalue weighted by atomic mass is 9.80. The fourth-order valence-corrected chi connectivity index (χ4v) is 3.49. The molecule has 6 nitrogen and oxygen atoms in total. The van der Waals surface area contributed by atoms with Crippen LogP contribution in [0.4, 0.5) is 0 Å². The highest BCUT2D eigenvalue weighted by Crippen LogP contribution is 2.34. The lowest BCUT2D eigenvalue weighted by molar-refractivity contribution is 0.328. The molecule has 2 N–H and O–H groups in total. The minimum absolute atomic E-state index is 0.00553. The van der Waals surface area contributed by atoms with E-state index < -0.39 is 0 Å². The lowest BCUT2D eigenvalue weighted by Crippen LogP contribution is -2.36. The fraction of sp³-hybridized carbons (Fsp3) is 0.389.